The van der Waals surface area contributed by atoms with Gasteiger partial charge in [-0.05, 0) is 36.8 Å². The highest BCUT2D eigenvalue weighted by Gasteiger charge is 2.37. The molecule has 0 aliphatic carbocycles. The quantitative estimate of drug-likeness (QED) is 0.233. The minimum Gasteiger partial charge on any atom is -0.294 e. The van der Waals surface area contributed by atoms with Crippen molar-refractivity contribution in [2.45, 2.75) is 31.9 Å². The van der Waals surface area contributed by atoms with E-state index >= 15 is 0 Å². The van der Waals surface area contributed by atoms with Crippen molar-refractivity contribution in [1.29, 1.82) is 0 Å². The third kappa shape index (κ3) is 5.50. The van der Waals surface area contributed by atoms with Gasteiger partial charge < -0.3 is 0 Å². The van der Waals surface area contributed by atoms with Crippen molar-refractivity contribution in [3.8, 4) is 0 Å². The van der Waals surface area contributed by atoms with Crippen molar-refractivity contribution in [1.82, 2.24) is 0 Å². The molecule has 0 amide bonds. The normalized spacial score (nSPS) is 14.0. The van der Waals surface area contributed by atoms with Crippen molar-refractivity contribution in [2.75, 3.05) is 0 Å². The minimum absolute atomic E-state index is 0.0839. The summed E-state index contributed by atoms with van der Waals surface area (Å²) in [4.78, 5) is 11.4. The number of benzene rings is 2. The van der Waals surface area contributed by atoms with E-state index in [1.54, 1.807) is 0 Å². The van der Waals surface area contributed by atoms with Gasteiger partial charge in [-0.3, -0.25) is 4.79 Å². The zero-order valence-electron chi connectivity index (χ0n) is 15.4. The van der Waals surface area contributed by atoms with Crippen LogP contribution in [0, 0.1) is 0 Å². The highest BCUT2D eigenvalue weighted by molar-refractivity contribution is 6.48. The molecule has 0 saturated carbocycles. The molecule has 30 heavy (non-hydrogen) atoms. The molecule has 0 aromatic heterocycles. The number of carbonyl (C=O) groups is 1. The average Bonchev–Trinajstić information content (AvgIpc) is 2.61. The molecule has 0 heterocycles. The van der Waals surface area contributed by atoms with E-state index in [1.807, 2.05) is 0 Å². The van der Waals surface area contributed by atoms with E-state index in [0.29, 0.717) is 19.1 Å². The van der Waals surface area contributed by atoms with Gasteiger partial charge in [-0.15, -0.1) is 0 Å². The second-order valence-corrected chi connectivity index (χ2v) is 7.75. The Hall–Kier alpha value is -1.70. The third-order valence-corrected chi connectivity index (χ3v) is 5.40. The van der Waals surface area contributed by atoms with Crippen LogP contribution in [0.2, 0.25) is 15.1 Å². The van der Waals surface area contributed by atoms with E-state index in [1.165, 1.54) is 0 Å². The first-order valence-corrected chi connectivity index (χ1v) is 9.38. The van der Waals surface area contributed by atoms with Crippen molar-refractivity contribution in [3.63, 3.8) is 0 Å². The van der Waals surface area contributed by atoms with Gasteiger partial charge in [0, 0.05) is 18.1 Å². The molecule has 0 aliphatic rings. The lowest BCUT2D eigenvalue weighted by Crippen LogP contribution is -2.21. The molecule has 0 radical (unpaired) electrons. The van der Waals surface area contributed by atoms with Crippen molar-refractivity contribution >= 4 is 46.4 Å². The molecule has 0 spiro atoms. The van der Waals surface area contributed by atoms with E-state index in [2.05, 4.69) is 0 Å². The van der Waals surface area contributed by atoms with Crippen LogP contribution in [0.3, 0.4) is 0 Å². The Labute approximate surface area is 183 Å². The highest BCUT2D eigenvalue weighted by Crippen LogP contribution is 2.42. The molecular weight excluding hydrogens is 477 g/mol. The van der Waals surface area contributed by atoms with Gasteiger partial charge in [0.1, 0.15) is 5.83 Å². The van der Waals surface area contributed by atoms with Gasteiger partial charge in [0.05, 0.1) is 26.5 Å². The van der Waals surface area contributed by atoms with Crippen molar-refractivity contribution in [3.05, 3.63) is 73.7 Å². The maximum Gasteiger partial charge on any atom is 0.417 e. The summed E-state index contributed by atoms with van der Waals surface area (Å²) in [6.07, 6.45) is -4.47. The van der Waals surface area contributed by atoms with Crippen LogP contribution in [0.25, 0.3) is 5.83 Å². The van der Waals surface area contributed by atoms with Gasteiger partial charge in [-0.25, -0.2) is 13.2 Å². The molecule has 0 N–H and O–H groups in total. The summed E-state index contributed by atoms with van der Waals surface area (Å²) >= 11 is 17.5. The fourth-order valence-corrected chi connectivity index (χ4v) is 3.38. The molecule has 0 fully saturated rings. The first kappa shape index (κ1) is 24.6. The molecular formula is C20H13Cl3F6O. The lowest BCUT2D eigenvalue weighted by Gasteiger charge is -2.22. The summed E-state index contributed by atoms with van der Waals surface area (Å²) in [6, 6.07) is 4.24. The number of carbonyl (C=O) groups excluding carboxylic acids is 1. The van der Waals surface area contributed by atoms with E-state index in [-0.39, 0.29) is 20.6 Å². The lowest BCUT2D eigenvalue weighted by atomic mass is 9.91. The van der Waals surface area contributed by atoms with Crippen LogP contribution >= 0.6 is 34.8 Å². The van der Waals surface area contributed by atoms with Gasteiger partial charge in [0.2, 0.25) is 0 Å². The minimum atomic E-state index is -4.94. The van der Waals surface area contributed by atoms with Crippen molar-refractivity contribution < 1.29 is 31.1 Å². The predicted molar refractivity (Wildman–Crippen MR) is 105 cm³/mol. The number of halogens is 9. The van der Waals surface area contributed by atoms with E-state index in [0.717, 1.165) is 31.2 Å². The van der Waals surface area contributed by atoms with Gasteiger partial charge >= 0.3 is 6.18 Å². The zero-order valence-corrected chi connectivity index (χ0v) is 17.6. The first-order valence-electron chi connectivity index (χ1n) is 8.25. The Bertz CT molecular complexity index is 986. The molecule has 1 nitrogen and oxygen atoms in total. The summed E-state index contributed by atoms with van der Waals surface area (Å²) in [5, 5.41) is -0.376. The van der Waals surface area contributed by atoms with Gasteiger partial charge in [-0.2, -0.15) is 13.2 Å². The summed E-state index contributed by atoms with van der Waals surface area (Å²) in [5.41, 5.74) is -2.83. The first-order chi connectivity index (χ1) is 13.6. The van der Waals surface area contributed by atoms with Crippen LogP contribution in [-0.2, 0) is 6.18 Å². The van der Waals surface area contributed by atoms with Crippen molar-refractivity contribution in [2.24, 2.45) is 0 Å². The Balaban J connectivity index is 2.62. The second-order valence-electron chi connectivity index (χ2n) is 6.56. The number of Topliss-reactive ketones (excluding diaryl/α,β-unsaturated/α-hetero) is 1. The Kier molecular flexibility index (Phi) is 7.21. The lowest BCUT2D eigenvalue weighted by molar-refractivity contribution is -0.137. The van der Waals surface area contributed by atoms with E-state index < -0.39 is 46.3 Å². The zero-order chi connectivity index (χ0) is 23.0. The molecule has 162 valence electrons. The van der Waals surface area contributed by atoms with E-state index in [9.17, 15) is 31.1 Å². The molecule has 1 atom stereocenters. The monoisotopic (exact) mass is 488 g/mol. The Morgan fingerprint density at radius 1 is 1.00 bits per heavy atom. The molecule has 2 aromatic carbocycles. The number of allylic oxidation sites excluding steroid dienone is 1. The predicted octanol–water partition coefficient (Wildman–Crippen LogP) is 8.62. The summed E-state index contributed by atoms with van der Waals surface area (Å²) < 4.78 is 82.9. The number of rotatable bonds is 5. The fraction of sp³-hybridized carbons (Fsp3) is 0.250. The molecule has 0 bridgehead atoms. The maximum atomic E-state index is 14.8. The fourth-order valence-electron chi connectivity index (χ4n) is 2.77. The van der Waals surface area contributed by atoms with E-state index in [4.69, 9.17) is 34.8 Å². The third-order valence-electron chi connectivity index (χ3n) is 4.20. The molecule has 2 rings (SSSR count). The molecule has 2 aromatic rings. The van der Waals surface area contributed by atoms with Gasteiger partial charge in [0.25, 0.3) is 5.92 Å². The van der Waals surface area contributed by atoms with Crippen LogP contribution in [0.1, 0.15) is 46.8 Å². The average molecular weight is 490 g/mol. The topological polar surface area (TPSA) is 17.1 Å². The largest absolute Gasteiger partial charge is 0.417 e. The summed E-state index contributed by atoms with van der Waals surface area (Å²) in [6.45, 7) is 1.44. The molecule has 1 unspecified atom stereocenters. The van der Waals surface area contributed by atoms with Gasteiger partial charge in [0.15, 0.2) is 5.78 Å². The van der Waals surface area contributed by atoms with Crippen LogP contribution in [0.5, 0.6) is 0 Å². The van der Waals surface area contributed by atoms with Gasteiger partial charge in [-0.1, -0.05) is 46.9 Å². The molecule has 0 saturated heterocycles. The highest BCUT2D eigenvalue weighted by atomic mass is 35.5. The Morgan fingerprint density at radius 3 is 1.97 bits per heavy atom. The van der Waals surface area contributed by atoms with Crippen LogP contribution in [0.15, 0.2) is 36.4 Å². The number of hydrogen-bond acceptors (Lipinski definition) is 1. The SMILES string of the molecule is CC(=O)c1ccc(/C(F)=C/C(c2cc(Cl)c(Cl)c(Cl)c2)C(C)(F)F)cc1C(F)(F)F. The molecule has 10 heteroatoms. The summed E-state index contributed by atoms with van der Waals surface area (Å²) in [7, 11) is 0. The number of alkyl halides is 5. The van der Waals surface area contributed by atoms with Crippen LogP contribution in [0.4, 0.5) is 26.3 Å². The second kappa shape index (κ2) is 8.81. The summed E-state index contributed by atoms with van der Waals surface area (Å²) in [5.74, 6) is -7.65. The molecule has 0 aliphatic heterocycles. The Morgan fingerprint density at radius 2 is 1.53 bits per heavy atom. The maximum absolute atomic E-state index is 14.8. The standard InChI is InChI=1S/C20H13Cl3F6O/c1-9(30)12-4-3-10(5-14(12)20(27,28)29)17(24)8-13(19(2,25)26)11-6-15(21)18(23)16(22)7-11/h3-8,13H,1-2H3/b17-8-. The number of ketones is 1. The van der Waals surface area contributed by atoms with Crippen LogP contribution in [-0.4, -0.2) is 11.7 Å². The van der Waals surface area contributed by atoms with Crippen LogP contribution < -0.4 is 0 Å². The smallest absolute Gasteiger partial charge is 0.294 e. The number of hydrogen-bond donors (Lipinski definition) is 0.